The van der Waals surface area contributed by atoms with Gasteiger partial charge in [0.15, 0.2) is 0 Å². The highest BCUT2D eigenvalue weighted by Crippen LogP contribution is 2.26. The summed E-state index contributed by atoms with van der Waals surface area (Å²) in [5, 5.41) is 11.6. The number of fused-ring (bicyclic) bond motifs is 1. The summed E-state index contributed by atoms with van der Waals surface area (Å²) < 4.78 is 7.21. The smallest absolute Gasteiger partial charge is 0.269 e. The van der Waals surface area contributed by atoms with Crippen molar-refractivity contribution in [3.05, 3.63) is 75.7 Å². The number of para-hydroxylation sites is 1. The van der Waals surface area contributed by atoms with Gasteiger partial charge >= 0.3 is 0 Å². The molecule has 0 fully saturated rings. The summed E-state index contributed by atoms with van der Waals surface area (Å²) in [5.74, 6) is -0.0492. The number of amides is 1. The monoisotopic (exact) mass is 360 g/mol. The first-order valence-electron chi connectivity index (χ1n) is 8.14. The Kier molecular flexibility index (Phi) is 4.99. The summed E-state index contributed by atoms with van der Waals surface area (Å²) in [6, 6.07) is 14.2. The van der Waals surface area contributed by atoms with Gasteiger partial charge in [-0.3, -0.25) is 14.0 Å². The van der Waals surface area contributed by atoms with Crippen LogP contribution in [0.5, 0.6) is 11.6 Å². The molecular formula is C20H16N4O3. The molecule has 3 rings (SSSR count). The van der Waals surface area contributed by atoms with Crippen LogP contribution in [0.15, 0.2) is 59.0 Å². The highest BCUT2D eigenvalue weighted by molar-refractivity contribution is 6.01. The first kappa shape index (κ1) is 17.9. The molecule has 1 amide bonds. The zero-order valence-corrected chi connectivity index (χ0v) is 14.8. The maximum atomic E-state index is 12.9. The Bertz CT molecular complexity index is 1160. The number of benzene rings is 1. The molecule has 7 heteroatoms. The summed E-state index contributed by atoms with van der Waals surface area (Å²) in [4.78, 5) is 29.2. The average molecular weight is 360 g/mol. The van der Waals surface area contributed by atoms with Gasteiger partial charge in [0, 0.05) is 13.2 Å². The second kappa shape index (κ2) is 7.54. The lowest BCUT2D eigenvalue weighted by Gasteiger charge is -2.11. The first-order valence-corrected chi connectivity index (χ1v) is 8.14. The van der Waals surface area contributed by atoms with E-state index >= 15 is 0 Å². The molecule has 0 radical (unpaired) electrons. The molecule has 0 bridgehead atoms. The summed E-state index contributed by atoms with van der Waals surface area (Å²) in [6.07, 6.45) is 2.76. The SMILES string of the molecule is CNC(=O)C(C#N)=Cc1c(Oc2ccccc2C)nc2ccccn2c1=O. The van der Waals surface area contributed by atoms with E-state index < -0.39 is 11.5 Å². The van der Waals surface area contributed by atoms with Crippen molar-refractivity contribution in [3.8, 4) is 17.7 Å². The van der Waals surface area contributed by atoms with E-state index in [0.29, 0.717) is 11.4 Å². The molecule has 27 heavy (non-hydrogen) atoms. The Morgan fingerprint density at radius 1 is 1.26 bits per heavy atom. The van der Waals surface area contributed by atoms with Crippen LogP contribution in [0, 0.1) is 18.3 Å². The molecule has 2 heterocycles. The van der Waals surface area contributed by atoms with E-state index in [1.807, 2.05) is 19.1 Å². The van der Waals surface area contributed by atoms with Crippen LogP contribution in [-0.2, 0) is 4.79 Å². The Labute approximate surface area is 155 Å². The fraction of sp³-hybridized carbons (Fsp3) is 0.100. The van der Waals surface area contributed by atoms with Crippen LogP contribution in [0.25, 0.3) is 11.7 Å². The van der Waals surface area contributed by atoms with Crippen molar-refractivity contribution in [2.75, 3.05) is 7.05 Å². The van der Waals surface area contributed by atoms with Gasteiger partial charge < -0.3 is 10.1 Å². The Morgan fingerprint density at radius 3 is 2.70 bits per heavy atom. The standard InChI is InChI=1S/C20H16N4O3/c1-13-7-3-4-8-16(13)27-19-15(11-14(12-21)18(25)22-2)20(26)24-10-6-5-9-17(24)23-19/h3-11H,1-2H3,(H,22,25). The number of pyridine rings is 1. The molecule has 0 saturated carbocycles. The van der Waals surface area contributed by atoms with E-state index in [-0.39, 0.29) is 17.0 Å². The van der Waals surface area contributed by atoms with Crippen LogP contribution in [0.1, 0.15) is 11.1 Å². The summed E-state index contributed by atoms with van der Waals surface area (Å²) >= 11 is 0. The van der Waals surface area contributed by atoms with Crippen molar-refractivity contribution in [1.29, 1.82) is 5.26 Å². The number of carbonyl (C=O) groups excluding carboxylic acids is 1. The summed E-state index contributed by atoms with van der Waals surface area (Å²) in [7, 11) is 1.41. The van der Waals surface area contributed by atoms with Crippen LogP contribution in [0.3, 0.4) is 0 Å². The molecule has 0 aliphatic carbocycles. The van der Waals surface area contributed by atoms with E-state index in [4.69, 9.17) is 4.74 Å². The third-order valence-electron chi connectivity index (χ3n) is 3.92. The predicted molar refractivity (Wildman–Crippen MR) is 100 cm³/mol. The molecule has 1 N–H and O–H groups in total. The van der Waals surface area contributed by atoms with Gasteiger partial charge in [-0.25, -0.2) is 0 Å². The maximum absolute atomic E-state index is 12.9. The minimum absolute atomic E-state index is 0.0158. The fourth-order valence-corrected chi connectivity index (χ4v) is 2.49. The van der Waals surface area contributed by atoms with Gasteiger partial charge in [-0.05, 0) is 36.8 Å². The molecule has 7 nitrogen and oxygen atoms in total. The maximum Gasteiger partial charge on any atom is 0.269 e. The van der Waals surface area contributed by atoms with E-state index in [0.717, 1.165) is 5.56 Å². The minimum atomic E-state index is -0.600. The third-order valence-corrected chi connectivity index (χ3v) is 3.92. The van der Waals surface area contributed by atoms with Gasteiger partial charge in [0.25, 0.3) is 11.5 Å². The zero-order chi connectivity index (χ0) is 19.4. The number of hydrogen-bond donors (Lipinski definition) is 1. The molecule has 0 aliphatic heterocycles. The minimum Gasteiger partial charge on any atom is -0.438 e. The molecular weight excluding hydrogens is 344 g/mol. The molecule has 0 atom stereocenters. The van der Waals surface area contributed by atoms with E-state index in [1.54, 1.807) is 42.6 Å². The van der Waals surface area contributed by atoms with Gasteiger partial charge in [-0.2, -0.15) is 10.2 Å². The van der Waals surface area contributed by atoms with Crippen molar-refractivity contribution in [1.82, 2.24) is 14.7 Å². The highest BCUT2D eigenvalue weighted by Gasteiger charge is 2.17. The number of aromatic nitrogens is 2. The van der Waals surface area contributed by atoms with E-state index in [9.17, 15) is 14.9 Å². The molecule has 134 valence electrons. The van der Waals surface area contributed by atoms with Crippen molar-refractivity contribution in [2.45, 2.75) is 6.92 Å². The van der Waals surface area contributed by atoms with Crippen LogP contribution >= 0.6 is 0 Å². The number of likely N-dealkylation sites (N-methyl/N-ethyl adjacent to an activating group) is 1. The van der Waals surface area contributed by atoms with Crippen LogP contribution in [0.4, 0.5) is 0 Å². The average Bonchev–Trinajstić information content (AvgIpc) is 2.69. The highest BCUT2D eigenvalue weighted by atomic mass is 16.5. The van der Waals surface area contributed by atoms with Crippen LogP contribution in [0.2, 0.25) is 0 Å². The van der Waals surface area contributed by atoms with Crippen molar-refractivity contribution < 1.29 is 9.53 Å². The van der Waals surface area contributed by atoms with Crippen LogP contribution < -0.4 is 15.6 Å². The van der Waals surface area contributed by atoms with Crippen LogP contribution in [-0.4, -0.2) is 22.3 Å². The quantitative estimate of drug-likeness (QED) is 0.569. The van der Waals surface area contributed by atoms with Gasteiger partial charge in [0.2, 0.25) is 5.88 Å². The Hall–Kier alpha value is -3.92. The molecule has 0 saturated heterocycles. The number of nitrogens with one attached hydrogen (secondary N) is 1. The zero-order valence-electron chi connectivity index (χ0n) is 14.8. The predicted octanol–water partition coefficient (Wildman–Crippen LogP) is 2.45. The Balaban J connectivity index is 2.26. The Morgan fingerprint density at radius 2 is 2.00 bits per heavy atom. The van der Waals surface area contributed by atoms with Crippen molar-refractivity contribution in [2.24, 2.45) is 0 Å². The summed E-state index contributed by atoms with van der Waals surface area (Å²) in [5.41, 5.74) is 0.598. The van der Waals surface area contributed by atoms with Crippen molar-refractivity contribution in [3.63, 3.8) is 0 Å². The fourth-order valence-electron chi connectivity index (χ4n) is 2.49. The molecule has 0 spiro atoms. The second-order valence-corrected chi connectivity index (χ2v) is 5.68. The largest absolute Gasteiger partial charge is 0.438 e. The number of hydrogen-bond acceptors (Lipinski definition) is 5. The summed E-state index contributed by atoms with van der Waals surface area (Å²) in [6.45, 7) is 1.87. The first-order chi connectivity index (χ1) is 13.0. The third kappa shape index (κ3) is 3.55. The molecule has 3 aromatic rings. The molecule has 0 unspecified atom stereocenters. The molecule has 0 aliphatic rings. The van der Waals surface area contributed by atoms with E-state index in [1.165, 1.54) is 17.5 Å². The second-order valence-electron chi connectivity index (χ2n) is 5.68. The molecule has 1 aromatic carbocycles. The number of carbonyl (C=O) groups is 1. The number of rotatable bonds is 4. The molecule has 2 aromatic heterocycles. The van der Waals surface area contributed by atoms with Gasteiger partial charge in [0.05, 0.1) is 0 Å². The number of aryl methyl sites for hydroxylation is 1. The van der Waals surface area contributed by atoms with Gasteiger partial charge in [0.1, 0.15) is 28.6 Å². The topological polar surface area (TPSA) is 96.5 Å². The lowest BCUT2D eigenvalue weighted by atomic mass is 10.1. The van der Waals surface area contributed by atoms with Gasteiger partial charge in [-0.1, -0.05) is 24.3 Å². The van der Waals surface area contributed by atoms with Gasteiger partial charge in [-0.15, -0.1) is 0 Å². The number of nitriles is 1. The van der Waals surface area contributed by atoms with E-state index in [2.05, 4.69) is 10.3 Å². The number of ether oxygens (including phenoxy) is 1. The lowest BCUT2D eigenvalue weighted by Crippen LogP contribution is -2.22. The van der Waals surface area contributed by atoms with Crippen molar-refractivity contribution >= 4 is 17.6 Å². The lowest BCUT2D eigenvalue weighted by molar-refractivity contribution is -0.116. The number of nitrogens with zero attached hydrogens (tertiary/aromatic N) is 3. The normalized spacial score (nSPS) is 11.1.